The van der Waals surface area contributed by atoms with E-state index in [-0.39, 0.29) is 0 Å². The first-order chi connectivity index (χ1) is 11.9. The van der Waals surface area contributed by atoms with Gasteiger partial charge in [-0.2, -0.15) is 5.10 Å². The first kappa shape index (κ1) is 14.0. The Kier molecular flexibility index (Phi) is 3.27. The Hall–Kier alpha value is -2.38. The smallest absolute Gasteiger partial charge is 0.172 e. The fourth-order valence-corrected chi connectivity index (χ4v) is 4.59. The number of thioether (sulfide) groups is 1. The van der Waals surface area contributed by atoms with E-state index in [0.717, 1.165) is 39.7 Å². The molecule has 0 radical (unpaired) electrons. The lowest BCUT2D eigenvalue weighted by molar-refractivity contribution is 1.11. The predicted octanol–water partition coefficient (Wildman–Crippen LogP) is 4.47. The van der Waals surface area contributed by atoms with Crippen LogP contribution in [0.5, 0.6) is 0 Å². The van der Waals surface area contributed by atoms with E-state index >= 15 is 0 Å². The van der Waals surface area contributed by atoms with Crippen molar-refractivity contribution in [3.63, 3.8) is 0 Å². The molecule has 0 atom stereocenters. The van der Waals surface area contributed by atoms with Gasteiger partial charge in [0.15, 0.2) is 11.6 Å². The Morgan fingerprint density at radius 3 is 3.08 bits per heavy atom. The summed E-state index contributed by atoms with van der Waals surface area (Å²) in [7, 11) is 0. The van der Waals surface area contributed by atoms with Gasteiger partial charge < -0.3 is 5.32 Å². The summed E-state index contributed by atoms with van der Waals surface area (Å²) in [5, 5.41) is 12.6. The van der Waals surface area contributed by atoms with Gasteiger partial charge in [0.05, 0.1) is 11.1 Å². The predicted molar refractivity (Wildman–Crippen MR) is 99.1 cm³/mol. The van der Waals surface area contributed by atoms with E-state index in [1.54, 1.807) is 17.5 Å². The van der Waals surface area contributed by atoms with Crippen LogP contribution in [0.15, 0.2) is 46.8 Å². The summed E-state index contributed by atoms with van der Waals surface area (Å²) in [5.41, 5.74) is 4.10. The van der Waals surface area contributed by atoms with Crippen LogP contribution >= 0.6 is 23.1 Å². The fourth-order valence-electron chi connectivity index (χ4n) is 2.83. The minimum Gasteiger partial charge on any atom is -0.338 e. The van der Waals surface area contributed by atoms with Crippen molar-refractivity contribution in [3.8, 4) is 10.7 Å². The largest absolute Gasteiger partial charge is 0.338 e. The van der Waals surface area contributed by atoms with Crippen LogP contribution in [-0.4, -0.2) is 25.9 Å². The minimum atomic E-state index is 0.719. The van der Waals surface area contributed by atoms with Crippen LogP contribution in [0.2, 0.25) is 0 Å². The molecule has 0 amide bonds. The number of rotatable bonds is 3. The van der Waals surface area contributed by atoms with Gasteiger partial charge in [-0.3, -0.25) is 5.10 Å². The number of aryl methyl sites for hydroxylation is 1. The van der Waals surface area contributed by atoms with Crippen LogP contribution < -0.4 is 5.32 Å². The van der Waals surface area contributed by atoms with E-state index in [4.69, 9.17) is 4.98 Å². The molecular formula is C17H13N5S2. The molecule has 1 aliphatic heterocycles. The summed E-state index contributed by atoms with van der Waals surface area (Å²) in [4.78, 5) is 11.7. The highest BCUT2D eigenvalue weighted by molar-refractivity contribution is 7.99. The molecular weight excluding hydrogens is 338 g/mol. The maximum atomic E-state index is 4.71. The number of aromatic amines is 1. The van der Waals surface area contributed by atoms with E-state index in [1.807, 2.05) is 29.3 Å². The summed E-state index contributed by atoms with van der Waals surface area (Å²) < 4.78 is 0. The molecule has 0 aliphatic carbocycles. The van der Waals surface area contributed by atoms with Gasteiger partial charge in [0.25, 0.3) is 0 Å². The highest BCUT2D eigenvalue weighted by atomic mass is 32.2. The van der Waals surface area contributed by atoms with Crippen LogP contribution in [0.3, 0.4) is 0 Å². The zero-order chi connectivity index (χ0) is 15.9. The summed E-state index contributed by atoms with van der Waals surface area (Å²) in [5.74, 6) is 2.64. The third kappa shape index (κ3) is 2.37. The number of H-pyrrole nitrogens is 1. The van der Waals surface area contributed by atoms with E-state index in [2.05, 4.69) is 38.7 Å². The number of nitrogens with zero attached hydrogens (tertiary/aromatic N) is 3. The summed E-state index contributed by atoms with van der Waals surface area (Å²) in [6, 6.07) is 10.5. The molecule has 0 saturated carbocycles. The van der Waals surface area contributed by atoms with Crippen molar-refractivity contribution >= 4 is 45.6 Å². The number of hydrogen-bond acceptors (Lipinski definition) is 6. The van der Waals surface area contributed by atoms with Crippen molar-refractivity contribution in [2.45, 2.75) is 11.3 Å². The van der Waals surface area contributed by atoms with E-state index < -0.39 is 0 Å². The fraction of sp³-hybridized carbons (Fsp3) is 0.118. The second-order valence-electron chi connectivity index (χ2n) is 5.55. The molecule has 4 aromatic rings. The molecule has 24 heavy (non-hydrogen) atoms. The monoisotopic (exact) mass is 351 g/mol. The first-order valence-corrected chi connectivity index (χ1v) is 9.51. The zero-order valence-electron chi connectivity index (χ0n) is 12.6. The highest BCUT2D eigenvalue weighted by Gasteiger charge is 2.14. The topological polar surface area (TPSA) is 66.5 Å². The highest BCUT2D eigenvalue weighted by Crippen LogP contribution is 2.34. The lowest BCUT2D eigenvalue weighted by Crippen LogP contribution is -1.98. The third-order valence-electron chi connectivity index (χ3n) is 4.00. The Balaban J connectivity index is 1.59. The molecule has 1 aromatic carbocycles. The summed E-state index contributed by atoms with van der Waals surface area (Å²) >= 11 is 3.54. The molecule has 4 heterocycles. The van der Waals surface area contributed by atoms with Crippen LogP contribution in [0.1, 0.15) is 5.56 Å². The molecule has 7 heteroatoms. The zero-order valence-corrected chi connectivity index (χ0v) is 14.2. The molecule has 118 valence electrons. The van der Waals surface area contributed by atoms with Crippen molar-refractivity contribution in [1.82, 2.24) is 20.2 Å². The van der Waals surface area contributed by atoms with Crippen LogP contribution in [0.25, 0.3) is 21.7 Å². The second kappa shape index (κ2) is 5.61. The molecule has 5 rings (SSSR count). The quantitative estimate of drug-likeness (QED) is 0.570. The summed E-state index contributed by atoms with van der Waals surface area (Å²) in [6.07, 6.45) is 2.89. The van der Waals surface area contributed by atoms with Gasteiger partial charge in [0, 0.05) is 16.3 Å². The van der Waals surface area contributed by atoms with Gasteiger partial charge in [-0.25, -0.2) is 9.97 Å². The van der Waals surface area contributed by atoms with Crippen molar-refractivity contribution in [2.75, 3.05) is 11.1 Å². The molecule has 0 spiro atoms. The normalized spacial score (nSPS) is 13.3. The van der Waals surface area contributed by atoms with Crippen molar-refractivity contribution < 1.29 is 0 Å². The molecule has 0 unspecified atom stereocenters. The lowest BCUT2D eigenvalue weighted by atomic mass is 10.1. The average molecular weight is 351 g/mol. The van der Waals surface area contributed by atoms with Gasteiger partial charge in [-0.05, 0) is 35.6 Å². The van der Waals surface area contributed by atoms with Gasteiger partial charge in [-0.1, -0.05) is 12.1 Å². The maximum Gasteiger partial charge on any atom is 0.172 e. The first-order valence-electron chi connectivity index (χ1n) is 7.64. The van der Waals surface area contributed by atoms with Crippen molar-refractivity contribution in [2.24, 2.45) is 0 Å². The van der Waals surface area contributed by atoms with Gasteiger partial charge in [0.2, 0.25) is 0 Å². The minimum absolute atomic E-state index is 0.719. The molecule has 1 aliphatic rings. The second-order valence-corrected chi connectivity index (χ2v) is 7.63. The SMILES string of the molecule is c1csc(-c2nc(Nc3ccc4c(c3)SCC4)c3[nH]ncc3n2)c1. The molecule has 0 bridgehead atoms. The number of aromatic nitrogens is 4. The third-order valence-corrected chi connectivity index (χ3v) is 5.97. The number of nitrogens with one attached hydrogen (secondary N) is 2. The van der Waals surface area contributed by atoms with Gasteiger partial charge in [-0.15, -0.1) is 23.1 Å². The number of anilines is 2. The Labute approximate surface area is 146 Å². The maximum absolute atomic E-state index is 4.71. The average Bonchev–Trinajstić information content (AvgIpc) is 3.34. The van der Waals surface area contributed by atoms with Gasteiger partial charge in [0.1, 0.15) is 11.0 Å². The molecule has 0 saturated heterocycles. The van der Waals surface area contributed by atoms with Crippen molar-refractivity contribution in [1.29, 1.82) is 0 Å². The molecule has 0 fully saturated rings. The Bertz CT molecular complexity index is 1020. The number of benzene rings is 1. The summed E-state index contributed by atoms with van der Waals surface area (Å²) in [6.45, 7) is 0. The molecule has 3 aromatic heterocycles. The van der Waals surface area contributed by atoms with Crippen LogP contribution in [0.4, 0.5) is 11.5 Å². The molecule has 2 N–H and O–H groups in total. The van der Waals surface area contributed by atoms with E-state index in [1.165, 1.54) is 16.2 Å². The number of hydrogen-bond donors (Lipinski definition) is 2. The standard InChI is InChI=1S/C17H13N5S2/c1-2-13(23-6-1)16-20-12-9-18-22-15(12)17(21-16)19-11-4-3-10-5-7-24-14(10)8-11/h1-4,6,8-9H,5,7H2,(H,18,22)(H,19,20,21). The van der Waals surface area contributed by atoms with E-state index in [0.29, 0.717) is 0 Å². The van der Waals surface area contributed by atoms with E-state index in [9.17, 15) is 0 Å². The number of fused-ring (bicyclic) bond motifs is 2. The Morgan fingerprint density at radius 2 is 2.17 bits per heavy atom. The molecule has 5 nitrogen and oxygen atoms in total. The van der Waals surface area contributed by atoms with Crippen LogP contribution in [0, 0.1) is 0 Å². The van der Waals surface area contributed by atoms with Gasteiger partial charge >= 0.3 is 0 Å². The lowest BCUT2D eigenvalue weighted by Gasteiger charge is -2.09. The number of thiophene rings is 1. The Morgan fingerprint density at radius 1 is 1.17 bits per heavy atom. The van der Waals surface area contributed by atoms with Crippen LogP contribution in [-0.2, 0) is 6.42 Å². The van der Waals surface area contributed by atoms with Crippen molar-refractivity contribution in [3.05, 3.63) is 47.5 Å².